The predicted octanol–water partition coefficient (Wildman–Crippen LogP) is 10.5. The number of aryl methyl sites for hydroxylation is 1. The lowest BCUT2D eigenvalue weighted by Gasteiger charge is -2.34. The SMILES string of the molecule is COc1ccc(N2[C@H](c3ccccc3)[C@@H](c3ccccc3)N(c3ccc(OC)cc3)P2O[C@@H]2CCc3ccc(-c4ccccc4)nc32)cc1. The average molecular weight is 664 g/mol. The summed E-state index contributed by atoms with van der Waals surface area (Å²) in [5, 5.41) is 0. The van der Waals surface area contributed by atoms with Crippen molar-refractivity contribution in [3.05, 3.63) is 174 Å². The summed E-state index contributed by atoms with van der Waals surface area (Å²) in [7, 11) is 1.98. The molecule has 1 aliphatic heterocycles. The molecule has 2 aliphatic rings. The first-order valence-corrected chi connectivity index (χ1v) is 17.9. The molecule has 0 amide bonds. The van der Waals surface area contributed by atoms with Crippen LogP contribution in [0.1, 0.15) is 47.0 Å². The number of hydrogen-bond donors (Lipinski definition) is 0. The molecule has 3 atom stereocenters. The minimum atomic E-state index is -1.43. The number of fused-ring (bicyclic) bond motifs is 1. The molecule has 1 aromatic heterocycles. The third-order valence-electron chi connectivity index (χ3n) is 9.44. The highest BCUT2D eigenvalue weighted by Gasteiger charge is 2.52. The van der Waals surface area contributed by atoms with Crippen LogP contribution in [0.2, 0.25) is 0 Å². The highest BCUT2D eigenvalue weighted by molar-refractivity contribution is 7.56. The second kappa shape index (κ2) is 13.8. The minimum absolute atomic E-state index is 0.0605. The molecule has 1 saturated heterocycles. The number of methoxy groups -OCH3 is 2. The van der Waals surface area contributed by atoms with Crippen LogP contribution in [0, 0.1) is 0 Å². The van der Waals surface area contributed by atoms with Crippen LogP contribution < -0.4 is 18.8 Å². The lowest BCUT2D eigenvalue weighted by atomic mass is 9.92. The van der Waals surface area contributed by atoms with Crippen LogP contribution in [0.4, 0.5) is 11.4 Å². The summed E-state index contributed by atoms with van der Waals surface area (Å²) in [5.41, 5.74) is 8.95. The van der Waals surface area contributed by atoms with Crippen molar-refractivity contribution in [1.29, 1.82) is 0 Å². The fourth-order valence-corrected chi connectivity index (χ4v) is 9.48. The van der Waals surface area contributed by atoms with Gasteiger partial charge in [-0.1, -0.05) is 97.1 Å². The van der Waals surface area contributed by atoms with Crippen molar-refractivity contribution in [3.63, 3.8) is 0 Å². The summed E-state index contributed by atoms with van der Waals surface area (Å²) in [6, 6.07) is 53.1. The summed E-state index contributed by atoms with van der Waals surface area (Å²) in [4.78, 5) is 5.26. The van der Waals surface area contributed by atoms with Gasteiger partial charge in [-0.05, 0) is 84.1 Å². The van der Waals surface area contributed by atoms with Crippen molar-refractivity contribution in [1.82, 2.24) is 4.98 Å². The third kappa shape index (κ3) is 6.03. The van der Waals surface area contributed by atoms with Crippen LogP contribution in [0.15, 0.2) is 152 Å². The first-order valence-electron chi connectivity index (χ1n) is 16.7. The highest BCUT2D eigenvalue weighted by Crippen LogP contribution is 2.69. The molecule has 244 valence electrons. The molecule has 0 spiro atoms. The van der Waals surface area contributed by atoms with E-state index in [1.807, 2.05) is 30.3 Å². The maximum atomic E-state index is 7.53. The van der Waals surface area contributed by atoms with E-state index < -0.39 is 8.45 Å². The Labute approximate surface area is 289 Å². The van der Waals surface area contributed by atoms with Gasteiger partial charge >= 0.3 is 0 Å². The molecule has 8 rings (SSSR count). The van der Waals surface area contributed by atoms with E-state index in [9.17, 15) is 0 Å². The zero-order valence-corrected chi connectivity index (χ0v) is 28.5. The van der Waals surface area contributed by atoms with Crippen LogP contribution in [0.25, 0.3) is 11.3 Å². The third-order valence-corrected chi connectivity index (χ3v) is 11.6. The number of pyridine rings is 1. The number of anilines is 2. The van der Waals surface area contributed by atoms with Gasteiger partial charge in [0.05, 0.1) is 37.7 Å². The van der Waals surface area contributed by atoms with Crippen LogP contribution in [0.5, 0.6) is 11.5 Å². The quantitative estimate of drug-likeness (QED) is 0.144. The Kier molecular flexibility index (Phi) is 8.74. The van der Waals surface area contributed by atoms with E-state index >= 15 is 0 Å². The summed E-state index contributed by atoms with van der Waals surface area (Å²) < 4.78 is 23.7. The second-order valence-electron chi connectivity index (χ2n) is 12.3. The number of nitrogens with zero attached hydrogens (tertiary/aromatic N) is 3. The molecule has 6 aromatic rings. The average Bonchev–Trinajstić information content (AvgIpc) is 3.74. The van der Waals surface area contributed by atoms with Gasteiger partial charge in [0.2, 0.25) is 0 Å². The molecule has 0 radical (unpaired) electrons. The van der Waals surface area contributed by atoms with E-state index in [0.29, 0.717) is 0 Å². The van der Waals surface area contributed by atoms with Gasteiger partial charge in [-0.3, -0.25) is 0 Å². The number of ether oxygens (including phenoxy) is 2. The molecule has 0 N–H and O–H groups in total. The van der Waals surface area contributed by atoms with E-state index in [0.717, 1.165) is 52.7 Å². The fourth-order valence-electron chi connectivity index (χ4n) is 7.03. The largest absolute Gasteiger partial charge is 0.497 e. The standard InChI is InChI=1S/C42H38N3O3P/c1-46-36-24-20-34(21-25-36)44-41(32-14-8-4-9-15-32)42(33-16-10-5-11-17-33)45(35-22-26-37(47-2)27-23-35)49(44)48-39-29-19-31-18-28-38(43-40(31)39)30-12-6-3-7-13-30/h3-18,20-28,39,41-42H,19,29H2,1-2H3/t39-,41-,42-/m1/s1. The zero-order valence-electron chi connectivity index (χ0n) is 27.6. The molecule has 0 bridgehead atoms. The van der Waals surface area contributed by atoms with E-state index in [2.05, 4.69) is 131 Å². The van der Waals surface area contributed by atoms with Crippen LogP contribution in [0.3, 0.4) is 0 Å². The molecule has 1 aliphatic carbocycles. The van der Waals surface area contributed by atoms with Gasteiger partial charge in [0.25, 0.3) is 8.45 Å². The van der Waals surface area contributed by atoms with Crippen LogP contribution in [-0.2, 0) is 10.9 Å². The van der Waals surface area contributed by atoms with Gasteiger partial charge in [-0.2, -0.15) is 0 Å². The van der Waals surface area contributed by atoms with Gasteiger partial charge in [0.1, 0.15) is 17.6 Å². The summed E-state index contributed by atoms with van der Waals surface area (Å²) in [6.07, 6.45) is 1.64. The smallest absolute Gasteiger partial charge is 0.250 e. The van der Waals surface area contributed by atoms with E-state index in [1.165, 1.54) is 16.7 Å². The first-order chi connectivity index (χ1) is 24.2. The van der Waals surface area contributed by atoms with E-state index in [-0.39, 0.29) is 18.2 Å². The highest BCUT2D eigenvalue weighted by atomic mass is 31.2. The minimum Gasteiger partial charge on any atom is -0.497 e. The number of aromatic nitrogens is 1. The number of benzene rings is 5. The van der Waals surface area contributed by atoms with Crippen molar-refractivity contribution in [2.24, 2.45) is 0 Å². The van der Waals surface area contributed by atoms with E-state index in [1.54, 1.807) is 14.2 Å². The first kappa shape index (κ1) is 31.1. The lowest BCUT2D eigenvalue weighted by molar-refractivity contribution is 0.227. The molecule has 49 heavy (non-hydrogen) atoms. The lowest BCUT2D eigenvalue weighted by Crippen LogP contribution is -2.23. The van der Waals surface area contributed by atoms with Crippen molar-refractivity contribution in [2.75, 3.05) is 23.6 Å². The van der Waals surface area contributed by atoms with Gasteiger partial charge in [-0.25, -0.2) is 4.98 Å². The van der Waals surface area contributed by atoms with Gasteiger partial charge < -0.3 is 23.3 Å². The van der Waals surface area contributed by atoms with Crippen molar-refractivity contribution in [3.8, 4) is 22.8 Å². The summed E-state index contributed by atoms with van der Waals surface area (Å²) in [5.74, 6) is 1.64. The van der Waals surface area contributed by atoms with Gasteiger partial charge in [0.15, 0.2) is 0 Å². The topological polar surface area (TPSA) is 47.1 Å². The molecule has 1 fully saturated rings. The van der Waals surface area contributed by atoms with Gasteiger partial charge in [0, 0.05) is 16.9 Å². The summed E-state index contributed by atoms with van der Waals surface area (Å²) >= 11 is 0. The summed E-state index contributed by atoms with van der Waals surface area (Å²) in [6.45, 7) is 0. The Hall–Kier alpha value is -5.16. The monoisotopic (exact) mass is 663 g/mol. The van der Waals surface area contributed by atoms with Crippen molar-refractivity contribution >= 4 is 19.8 Å². The molecular weight excluding hydrogens is 625 g/mol. The van der Waals surface area contributed by atoms with Gasteiger partial charge in [-0.15, -0.1) is 0 Å². The molecule has 0 unspecified atom stereocenters. The zero-order chi connectivity index (χ0) is 33.2. The predicted molar refractivity (Wildman–Crippen MR) is 198 cm³/mol. The van der Waals surface area contributed by atoms with Crippen LogP contribution in [-0.4, -0.2) is 19.2 Å². The van der Waals surface area contributed by atoms with Crippen molar-refractivity contribution in [2.45, 2.75) is 31.0 Å². The molecule has 2 heterocycles. The van der Waals surface area contributed by atoms with E-state index in [4.69, 9.17) is 19.0 Å². The van der Waals surface area contributed by atoms with Crippen LogP contribution >= 0.6 is 8.45 Å². The Morgan fingerprint density at radius 1 is 0.571 bits per heavy atom. The Morgan fingerprint density at radius 2 is 1.06 bits per heavy atom. The molecule has 0 saturated carbocycles. The second-order valence-corrected chi connectivity index (χ2v) is 13.9. The normalized spacial score (nSPS) is 18.8. The Bertz CT molecular complexity index is 1900. The number of hydrogen-bond acceptors (Lipinski definition) is 6. The maximum Gasteiger partial charge on any atom is 0.250 e. The maximum absolute atomic E-state index is 7.53. The Balaban J connectivity index is 1.31. The van der Waals surface area contributed by atoms with Crippen molar-refractivity contribution < 1.29 is 14.0 Å². The Morgan fingerprint density at radius 3 is 1.55 bits per heavy atom. The molecule has 7 heteroatoms. The molecule has 5 aromatic carbocycles. The fraction of sp³-hybridized carbons (Fsp3) is 0.167. The number of rotatable bonds is 9. The molecular formula is C42H38N3O3P. The molecule has 6 nitrogen and oxygen atoms in total.